The zero-order chi connectivity index (χ0) is 20.4. The zero-order valence-electron chi connectivity index (χ0n) is 13.4. The SMILES string of the molecule is COc1ccc(S(=O)(=O)OC(c2ccccc2F)C(F)(F)[N+](=O)[O-])cc1Br. The summed E-state index contributed by atoms with van der Waals surface area (Å²) >= 11 is 3.02. The first-order valence-corrected chi connectivity index (χ1v) is 9.24. The van der Waals surface area contributed by atoms with Gasteiger partial charge in [0, 0.05) is 5.56 Å². The molecule has 0 bridgehead atoms. The molecular formula is C15H11BrF3NO6S. The number of rotatable bonds is 7. The maximum absolute atomic E-state index is 14.0. The van der Waals surface area contributed by atoms with Gasteiger partial charge in [0.05, 0.1) is 21.4 Å². The van der Waals surface area contributed by atoms with Crippen LogP contribution in [0.3, 0.4) is 0 Å². The Morgan fingerprint density at radius 2 is 1.85 bits per heavy atom. The normalized spacial score (nSPS) is 13.2. The van der Waals surface area contributed by atoms with E-state index in [9.17, 15) is 31.7 Å². The average molecular weight is 470 g/mol. The number of nitro groups is 1. The third kappa shape index (κ3) is 4.39. The van der Waals surface area contributed by atoms with E-state index >= 15 is 0 Å². The predicted octanol–water partition coefficient (Wildman–Crippen LogP) is 3.91. The van der Waals surface area contributed by atoms with Gasteiger partial charge in [0.1, 0.15) is 11.6 Å². The van der Waals surface area contributed by atoms with Crippen LogP contribution < -0.4 is 4.74 Å². The van der Waals surface area contributed by atoms with Crippen molar-refractivity contribution in [1.29, 1.82) is 0 Å². The van der Waals surface area contributed by atoms with Gasteiger partial charge in [-0.2, -0.15) is 8.42 Å². The molecule has 0 fully saturated rings. The molecule has 1 unspecified atom stereocenters. The third-order valence-electron chi connectivity index (χ3n) is 3.38. The Bertz CT molecular complexity index is 970. The molecule has 12 heteroatoms. The Balaban J connectivity index is 2.53. The monoisotopic (exact) mass is 469 g/mol. The highest BCUT2D eigenvalue weighted by molar-refractivity contribution is 9.10. The van der Waals surface area contributed by atoms with Crippen molar-refractivity contribution in [3.63, 3.8) is 0 Å². The summed E-state index contributed by atoms with van der Waals surface area (Å²) in [5, 5.41) is 10.7. The number of methoxy groups -OCH3 is 1. The molecule has 0 saturated carbocycles. The molecule has 0 radical (unpaired) electrons. The van der Waals surface area contributed by atoms with Crippen LogP contribution in [-0.4, -0.2) is 26.5 Å². The molecule has 2 aromatic rings. The van der Waals surface area contributed by atoms with E-state index in [2.05, 4.69) is 20.1 Å². The maximum Gasteiger partial charge on any atom is 0.543 e. The maximum atomic E-state index is 14.0. The van der Waals surface area contributed by atoms with Gasteiger partial charge in [-0.05, 0) is 40.2 Å². The molecule has 7 nitrogen and oxygen atoms in total. The molecule has 0 saturated heterocycles. The first kappa shape index (κ1) is 21.1. The van der Waals surface area contributed by atoms with Gasteiger partial charge in [-0.1, -0.05) is 18.2 Å². The summed E-state index contributed by atoms with van der Waals surface area (Å²) in [7, 11) is -3.61. The fourth-order valence-electron chi connectivity index (χ4n) is 2.07. The fourth-order valence-corrected chi connectivity index (χ4v) is 3.84. The Labute approximate surface area is 160 Å². The van der Waals surface area contributed by atoms with E-state index in [1.165, 1.54) is 13.2 Å². The van der Waals surface area contributed by atoms with Gasteiger partial charge in [0.25, 0.3) is 10.1 Å². The van der Waals surface area contributed by atoms with Crippen LogP contribution >= 0.6 is 15.9 Å². The van der Waals surface area contributed by atoms with E-state index in [0.29, 0.717) is 0 Å². The molecule has 0 N–H and O–H groups in total. The minimum Gasteiger partial charge on any atom is -0.496 e. The van der Waals surface area contributed by atoms with Crippen LogP contribution in [0.1, 0.15) is 11.7 Å². The summed E-state index contributed by atoms with van der Waals surface area (Å²) in [5.41, 5.74) is -0.977. The number of halogens is 4. The number of alkyl halides is 2. The lowest BCUT2D eigenvalue weighted by Gasteiger charge is -2.20. The molecule has 2 rings (SSSR count). The lowest BCUT2D eigenvalue weighted by Crippen LogP contribution is -2.38. The van der Waals surface area contributed by atoms with E-state index < -0.39 is 43.5 Å². The highest BCUT2D eigenvalue weighted by atomic mass is 79.9. The summed E-state index contributed by atoms with van der Waals surface area (Å²) in [6, 6.07) is 2.06. The number of hydrogen-bond acceptors (Lipinski definition) is 6. The standard InChI is InChI=1S/C15H11BrF3NO6S/c1-25-13-7-6-9(8-11(13)16)27(23,24)26-14(15(18,19)20(21)22)10-4-2-3-5-12(10)17/h2-8,14H,1H3. The average Bonchev–Trinajstić information content (AvgIpc) is 2.60. The van der Waals surface area contributed by atoms with Crippen molar-refractivity contribution in [3.05, 3.63) is 68.4 Å². The van der Waals surface area contributed by atoms with Gasteiger partial charge in [-0.25, -0.2) is 8.57 Å². The largest absolute Gasteiger partial charge is 0.543 e. The lowest BCUT2D eigenvalue weighted by atomic mass is 10.1. The van der Waals surface area contributed by atoms with E-state index in [1.807, 2.05) is 0 Å². The topological polar surface area (TPSA) is 95.7 Å². The Kier molecular flexibility index (Phi) is 6.12. The van der Waals surface area contributed by atoms with Crippen LogP contribution in [0.5, 0.6) is 5.75 Å². The molecule has 0 aromatic heterocycles. The third-order valence-corrected chi connectivity index (χ3v) is 5.28. The van der Waals surface area contributed by atoms with Gasteiger partial charge in [0.15, 0.2) is 0 Å². The summed E-state index contributed by atoms with van der Waals surface area (Å²) in [5.74, 6) is -1.04. The predicted molar refractivity (Wildman–Crippen MR) is 90.0 cm³/mol. The van der Waals surface area contributed by atoms with E-state index in [0.717, 1.165) is 36.4 Å². The van der Waals surface area contributed by atoms with Gasteiger partial charge >= 0.3 is 6.05 Å². The molecule has 27 heavy (non-hydrogen) atoms. The number of benzene rings is 2. The van der Waals surface area contributed by atoms with Crippen LogP contribution in [0.25, 0.3) is 0 Å². The van der Waals surface area contributed by atoms with Gasteiger partial charge < -0.3 is 4.74 Å². The van der Waals surface area contributed by atoms with Gasteiger partial charge in [-0.3, -0.25) is 10.1 Å². The molecule has 0 spiro atoms. The van der Waals surface area contributed by atoms with E-state index in [-0.39, 0.29) is 10.2 Å². The van der Waals surface area contributed by atoms with Crippen LogP contribution in [0, 0.1) is 15.9 Å². The fraction of sp³-hybridized carbons (Fsp3) is 0.200. The zero-order valence-corrected chi connectivity index (χ0v) is 15.8. The van der Waals surface area contributed by atoms with Gasteiger partial charge in [-0.15, -0.1) is 8.78 Å². The minimum absolute atomic E-state index is 0.165. The number of nitrogens with zero attached hydrogens (tertiary/aromatic N) is 1. The van der Waals surface area contributed by atoms with E-state index in [4.69, 9.17) is 4.74 Å². The van der Waals surface area contributed by atoms with Gasteiger partial charge in [0.2, 0.25) is 6.10 Å². The van der Waals surface area contributed by atoms with Crippen molar-refractivity contribution < 1.29 is 35.4 Å². The van der Waals surface area contributed by atoms with Crippen molar-refractivity contribution in [2.24, 2.45) is 0 Å². The molecule has 2 aromatic carbocycles. The summed E-state index contributed by atoms with van der Waals surface area (Å²) < 4.78 is 76.3. The second-order valence-corrected chi connectivity index (χ2v) is 7.52. The van der Waals surface area contributed by atoms with Crippen molar-refractivity contribution >= 4 is 26.0 Å². The minimum atomic E-state index is -4.93. The first-order valence-electron chi connectivity index (χ1n) is 7.04. The molecule has 0 amide bonds. The van der Waals surface area contributed by atoms with Crippen LogP contribution in [0.15, 0.2) is 51.8 Å². The quantitative estimate of drug-likeness (QED) is 0.264. The van der Waals surface area contributed by atoms with Crippen LogP contribution in [-0.2, 0) is 14.3 Å². The summed E-state index contributed by atoms with van der Waals surface area (Å²) in [6.45, 7) is 0. The smallest absolute Gasteiger partial charge is 0.496 e. The molecule has 1 atom stereocenters. The first-order chi connectivity index (χ1) is 12.5. The Morgan fingerprint density at radius 3 is 2.37 bits per heavy atom. The Morgan fingerprint density at radius 1 is 1.22 bits per heavy atom. The van der Waals surface area contributed by atoms with Crippen molar-refractivity contribution in [2.45, 2.75) is 17.0 Å². The molecule has 0 aliphatic heterocycles. The second kappa shape index (κ2) is 7.82. The molecule has 0 aliphatic rings. The Hall–Kier alpha value is -2.18. The summed E-state index contributed by atoms with van der Waals surface area (Å²) in [4.78, 5) is 8.12. The van der Waals surface area contributed by atoms with Crippen molar-refractivity contribution in [2.75, 3.05) is 7.11 Å². The molecule has 146 valence electrons. The van der Waals surface area contributed by atoms with Crippen molar-refractivity contribution in [1.82, 2.24) is 0 Å². The highest BCUT2D eigenvalue weighted by Crippen LogP contribution is 2.39. The molecule has 0 aliphatic carbocycles. The molecular weight excluding hydrogens is 459 g/mol. The van der Waals surface area contributed by atoms with Crippen molar-refractivity contribution in [3.8, 4) is 5.75 Å². The molecule has 0 heterocycles. The van der Waals surface area contributed by atoms with Crippen LogP contribution in [0.4, 0.5) is 13.2 Å². The lowest BCUT2D eigenvalue weighted by molar-refractivity contribution is -0.657. The van der Waals surface area contributed by atoms with E-state index in [1.54, 1.807) is 0 Å². The summed E-state index contributed by atoms with van der Waals surface area (Å²) in [6.07, 6.45) is -3.01. The number of ether oxygens (including phenoxy) is 1. The second-order valence-electron chi connectivity index (χ2n) is 5.09. The highest BCUT2D eigenvalue weighted by Gasteiger charge is 2.57. The van der Waals surface area contributed by atoms with Crippen LogP contribution in [0.2, 0.25) is 0 Å². The number of hydrogen-bond donors (Lipinski definition) is 0.